The Bertz CT molecular complexity index is 563. The second-order valence-corrected chi connectivity index (χ2v) is 8.57. The van der Waals surface area contributed by atoms with E-state index in [1.807, 2.05) is 13.8 Å². The zero-order chi connectivity index (χ0) is 15.8. The lowest BCUT2D eigenvalue weighted by atomic mass is 10.4. The Morgan fingerprint density at radius 3 is 0.909 bits per heavy atom. The second-order valence-electron chi connectivity index (χ2n) is 5.01. The van der Waals surface area contributed by atoms with Gasteiger partial charge in [0.05, 0.1) is 6.66 Å². The second kappa shape index (κ2) is 7.92. The van der Waals surface area contributed by atoms with Crippen LogP contribution in [-0.2, 0) is 0 Å². The van der Waals surface area contributed by atoms with Crippen molar-refractivity contribution in [3.05, 3.63) is 91.0 Å². The van der Waals surface area contributed by atoms with Crippen LogP contribution in [-0.4, -0.2) is 6.66 Å². The van der Waals surface area contributed by atoms with Gasteiger partial charge in [-0.3, -0.25) is 0 Å². The molecule has 0 aliphatic carbocycles. The van der Waals surface area contributed by atoms with Crippen molar-refractivity contribution in [2.45, 2.75) is 13.8 Å². The summed E-state index contributed by atoms with van der Waals surface area (Å²) in [6.45, 7) is 6.41. The lowest BCUT2D eigenvalue weighted by molar-refractivity contribution is 1.50. The zero-order valence-electron chi connectivity index (χ0n) is 13.6. The van der Waals surface area contributed by atoms with Gasteiger partial charge in [0.1, 0.15) is 23.2 Å². The summed E-state index contributed by atoms with van der Waals surface area (Å²) in [6.07, 6.45) is 0. The van der Waals surface area contributed by atoms with Crippen LogP contribution >= 0.6 is 7.26 Å². The topological polar surface area (TPSA) is 0 Å². The van der Waals surface area contributed by atoms with Gasteiger partial charge in [-0.2, -0.15) is 0 Å². The quantitative estimate of drug-likeness (QED) is 0.619. The van der Waals surface area contributed by atoms with Crippen LogP contribution in [0.4, 0.5) is 0 Å². The summed E-state index contributed by atoms with van der Waals surface area (Å²) in [5, 5.41) is 4.28. The van der Waals surface area contributed by atoms with Crippen molar-refractivity contribution in [2.24, 2.45) is 0 Å². The molecule has 1 heteroatoms. The lowest BCUT2D eigenvalue weighted by Gasteiger charge is -2.22. The fraction of sp³-hybridized carbons (Fsp3) is 0.143. The Kier molecular flexibility index (Phi) is 5.92. The summed E-state index contributed by atoms with van der Waals surface area (Å²) in [4.78, 5) is 0. The highest BCUT2D eigenvalue weighted by atomic mass is 31.2. The van der Waals surface area contributed by atoms with Gasteiger partial charge in [0, 0.05) is 0 Å². The Morgan fingerprint density at radius 1 is 0.455 bits per heavy atom. The molecule has 22 heavy (non-hydrogen) atoms. The van der Waals surface area contributed by atoms with E-state index in [0.717, 1.165) is 0 Å². The summed E-state index contributed by atoms with van der Waals surface area (Å²) in [7, 11) is -1.53. The highest BCUT2D eigenvalue weighted by Crippen LogP contribution is 2.51. The van der Waals surface area contributed by atoms with Crippen molar-refractivity contribution in [1.29, 1.82) is 0 Å². The molecule has 0 aromatic heterocycles. The lowest BCUT2D eigenvalue weighted by Crippen LogP contribution is -2.30. The predicted octanol–water partition coefficient (Wildman–Crippen LogP) is 4.64. The molecular weight excluding hydrogens is 283 g/mol. The van der Waals surface area contributed by atoms with E-state index in [2.05, 4.69) is 97.7 Å². The zero-order valence-corrected chi connectivity index (χ0v) is 14.5. The smallest absolute Gasteiger partial charge is 0.0683 e. The van der Waals surface area contributed by atoms with Crippen molar-refractivity contribution in [1.82, 2.24) is 0 Å². The van der Waals surface area contributed by atoms with E-state index in [1.165, 1.54) is 15.9 Å². The summed E-state index contributed by atoms with van der Waals surface area (Å²) in [6, 6.07) is 32.6. The highest BCUT2D eigenvalue weighted by Gasteiger charge is 2.39. The minimum Gasteiger partial charge on any atom is -0.0683 e. The van der Waals surface area contributed by atoms with E-state index in [0.29, 0.717) is 0 Å². The highest BCUT2D eigenvalue weighted by molar-refractivity contribution is 7.95. The summed E-state index contributed by atoms with van der Waals surface area (Å²) in [5.41, 5.74) is 0. The molecule has 0 aliphatic rings. The minimum absolute atomic E-state index is 1.43. The number of rotatable bonds is 3. The molecule has 0 aliphatic heterocycles. The molecule has 0 unspecified atom stereocenters. The van der Waals surface area contributed by atoms with E-state index in [9.17, 15) is 0 Å². The fourth-order valence-electron chi connectivity index (χ4n) is 2.63. The van der Waals surface area contributed by atoms with E-state index in [1.54, 1.807) is 0 Å². The molecule has 0 N–H and O–H groups in total. The summed E-state index contributed by atoms with van der Waals surface area (Å²) < 4.78 is 0. The molecule has 0 bridgehead atoms. The normalized spacial score (nSPS) is 10.5. The van der Waals surface area contributed by atoms with Crippen LogP contribution < -0.4 is 15.9 Å². The molecule has 0 saturated carbocycles. The van der Waals surface area contributed by atoms with Gasteiger partial charge in [-0.15, -0.1) is 0 Å². The summed E-state index contributed by atoms with van der Waals surface area (Å²) in [5.74, 6) is 0. The van der Waals surface area contributed by atoms with Gasteiger partial charge < -0.3 is 0 Å². The molecule has 0 saturated heterocycles. The summed E-state index contributed by atoms with van der Waals surface area (Å²) >= 11 is 0. The van der Waals surface area contributed by atoms with E-state index in [-0.39, 0.29) is 0 Å². The first-order valence-electron chi connectivity index (χ1n) is 7.85. The third-order valence-corrected chi connectivity index (χ3v) is 7.81. The van der Waals surface area contributed by atoms with Crippen LogP contribution in [0.15, 0.2) is 91.0 Å². The van der Waals surface area contributed by atoms with Gasteiger partial charge >= 0.3 is 0 Å². The van der Waals surface area contributed by atoms with Crippen molar-refractivity contribution >= 4 is 23.2 Å². The fourth-order valence-corrected chi connectivity index (χ4v) is 5.83. The maximum Gasteiger partial charge on any atom is 0.109 e. The van der Waals surface area contributed by atoms with Gasteiger partial charge in [-0.05, 0) is 36.4 Å². The molecule has 3 aromatic carbocycles. The first kappa shape index (κ1) is 16.5. The molecule has 0 fully saturated rings. The number of hydrogen-bond donors (Lipinski definition) is 0. The SMILES string of the molecule is CC.C[P+](c1ccccc1)(c1ccccc1)c1ccccc1. The van der Waals surface area contributed by atoms with Crippen LogP contribution in [0.3, 0.4) is 0 Å². The standard InChI is InChI=1S/C19H18P.C2H6/c1-20(17-11-5-2-6-12-17,18-13-7-3-8-14-18)19-15-9-4-10-16-19;1-2/h2-16H,1H3;1-2H3/q+1;. The Hall–Kier alpha value is -1.91. The van der Waals surface area contributed by atoms with E-state index >= 15 is 0 Å². The average molecular weight is 307 g/mol. The molecule has 0 amide bonds. The van der Waals surface area contributed by atoms with Gasteiger partial charge in [-0.1, -0.05) is 68.4 Å². The van der Waals surface area contributed by atoms with Gasteiger partial charge in [-0.25, -0.2) is 0 Å². The van der Waals surface area contributed by atoms with Gasteiger partial charge in [0.2, 0.25) is 0 Å². The predicted molar refractivity (Wildman–Crippen MR) is 102 cm³/mol. The molecule has 0 heterocycles. The largest absolute Gasteiger partial charge is 0.109 e. The van der Waals surface area contributed by atoms with Crippen LogP contribution in [0, 0.1) is 0 Å². The van der Waals surface area contributed by atoms with Crippen LogP contribution in [0.5, 0.6) is 0 Å². The van der Waals surface area contributed by atoms with Crippen molar-refractivity contribution in [3.63, 3.8) is 0 Å². The minimum atomic E-state index is -1.53. The average Bonchev–Trinajstić information content (AvgIpc) is 2.65. The van der Waals surface area contributed by atoms with E-state index < -0.39 is 7.26 Å². The van der Waals surface area contributed by atoms with Gasteiger partial charge in [0.25, 0.3) is 0 Å². The Labute approximate surface area is 135 Å². The Balaban J connectivity index is 0.000000847. The van der Waals surface area contributed by atoms with Crippen molar-refractivity contribution in [2.75, 3.05) is 6.66 Å². The molecule has 112 valence electrons. The van der Waals surface area contributed by atoms with Crippen molar-refractivity contribution < 1.29 is 0 Å². The number of hydrogen-bond acceptors (Lipinski definition) is 0. The first-order chi connectivity index (χ1) is 10.8. The van der Waals surface area contributed by atoms with Crippen LogP contribution in [0.1, 0.15) is 13.8 Å². The maximum atomic E-state index is 2.41. The molecule has 3 aromatic rings. The van der Waals surface area contributed by atoms with E-state index in [4.69, 9.17) is 0 Å². The molecule has 3 rings (SSSR count). The molecule has 0 spiro atoms. The third kappa shape index (κ3) is 3.29. The maximum absolute atomic E-state index is 2.41. The third-order valence-electron chi connectivity index (χ3n) is 3.82. The Morgan fingerprint density at radius 2 is 0.682 bits per heavy atom. The molecule has 0 radical (unpaired) electrons. The first-order valence-corrected chi connectivity index (χ1v) is 10.1. The van der Waals surface area contributed by atoms with Gasteiger partial charge in [0.15, 0.2) is 0 Å². The monoisotopic (exact) mass is 307 g/mol. The molecule has 0 atom stereocenters. The van der Waals surface area contributed by atoms with Crippen LogP contribution in [0.25, 0.3) is 0 Å². The van der Waals surface area contributed by atoms with Crippen LogP contribution in [0.2, 0.25) is 0 Å². The molecular formula is C21H24P+. The molecule has 0 nitrogen and oxygen atoms in total. The van der Waals surface area contributed by atoms with Crippen molar-refractivity contribution in [3.8, 4) is 0 Å². The number of benzene rings is 3.